The molecule has 0 unspecified atom stereocenters. The molecule has 1 heterocycles. The number of benzene rings is 3. The predicted molar refractivity (Wildman–Crippen MR) is 169 cm³/mol. The van der Waals surface area contributed by atoms with Crippen LogP contribution in [0, 0.1) is 11.8 Å². The summed E-state index contributed by atoms with van der Waals surface area (Å²) in [6, 6.07) is 19.4. The van der Waals surface area contributed by atoms with Crippen molar-refractivity contribution in [3.05, 3.63) is 101 Å². The number of carboxylic acid groups (broad SMARTS) is 1. The van der Waals surface area contributed by atoms with Crippen LogP contribution < -0.4 is 15.4 Å². The van der Waals surface area contributed by atoms with Gasteiger partial charge in [-0.05, 0) is 87.2 Å². The highest BCUT2D eigenvalue weighted by molar-refractivity contribution is 5.97. The zero-order chi connectivity index (χ0) is 31.5. The Hall–Kier alpha value is -5.07. The summed E-state index contributed by atoms with van der Waals surface area (Å²) in [5, 5.41) is 25.6. The van der Waals surface area contributed by atoms with Crippen molar-refractivity contribution in [2.45, 2.75) is 51.7 Å². The molecule has 4 rings (SSSR count). The van der Waals surface area contributed by atoms with Gasteiger partial charge in [0.1, 0.15) is 5.75 Å². The van der Waals surface area contributed by atoms with E-state index in [2.05, 4.69) is 27.5 Å². The number of H-pyrrole nitrogens is 1. The smallest absolute Gasteiger partial charge is 0.303 e. The zero-order valence-electron chi connectivity index (χ0n) is 24.9. The van der Waals surface area contributed by atoms with E-state index in [1.165, 1.54) is 0 Å². The monoisotopic (exact) mass is 595 g/mol. The average molecular weight is 596 g/mol. The molecule has 0 saturated carbocycles. The van der Waals surface area contributed by atoms with Gasteiger partial charge in [-0.3, -0.25) is 14.4 Å². The molecule has 44 heavy (non-hydrogen) atoms. The number of aromatic amines is 1. The maximum absolute atomic E-state index is 13.5. The van der Waals surface area contributed by atoms with Crippen molar-refractivity contribution in [1.29, 1.82) is 0 Å². The molecule has 0 aliphatic carbocycles. The number of aliphatic hydroxyl groups is 1. The molecule has 5 N–H and O–H groups in total. The minimum Gasteiger partial charge on any atom is -0.490 e. The molecule has 0 aliphatic heterocycles. The van der Waals surface area contributed by atoms with Crippen molar-refractivity contribution >= 4 is 28.7 Å². The highest BCUT2D eigenvalue weighted by atomic mass is 16.5. The number of amides is 2. The number of rotatable bonds is 13. The quantitative estimate of drug-likeness (QED) is 0.112. The molecule has 0 spiro atoms. The van der Waals surface area contributed by atoms with E-state index in [4.69, 9.17) is 9.84 Å². The minimum atomic E-state index is -0.847. The molecule has 4 aromatic rings. The van der Waals surface area contributed by atoms with E-state index < -0.39 is 12.0 Å². The van der Waals surface area contributed by atoms with Crippen LogP contribution in [0.5, 0.6) is 5.75 Å². The van der Waals surface area contributed by atoms with Gasteiger partial charge in [0.2, 0.25) is 0 Å². The van der Waals surface area contributed by atoms with Crippen LogP contribution in [-0.4, -0.2) is 58.3 Å². The van der Waals surface area contributed by atoms with Crippen LogP contribution in [0.15, 0.2) is 72.9 Å². The first-order valence-electron chi connectivity index (χ1n) is 14.6. The van der Waals surface area contributed by atoms with Crippen molar-refractivity contribution in [2.75, 3.05) is 13.2 Å². The standard InChI is InChI=1S/C35H37N3O6/c1-23(2)44-32-17-14-25(11-10-24-12-15-26(16-13-24)34(42)36-18-6-5-9-33(40)41)19-30(32)35(43)38-28(22-39)20-27-21-37-31-8-4-3-7-29(27)31/h3-4,7-8,12-17,19,21,23,28,37,39H,5-6,9,18,20,22H2,1-2H3,(H,36,42)(H,38,43)(H,40,41)/t28-/m1/s1. The fourth-order valence-electron chi connectivity index (χ4n) is 4.69. The Balaban J connectivity index is 1.44. The summed E-state index contributed by atoms with van der Waals surface area (Å²) in [5.74, 6) is 5.11. The second kappa shape index (κ2) is 15.4. The maximum atomic E-state index is 13.5. The average Bonchev–Trinajstić information content (AvgIpc) is 3.42. The molecule has 0 saturated heterocycles. The van der Waals surface area contributed by atoms with Crippen LogP contribution in [0.2, 0.25) is 0 Å². The molecule has 0 fully saturated rings. The van der Waals surface area contributed by atoms with Crippen LogP contribution in [0.4, 0.5) is 0 Å². The first-order chi connectivity index (χ1) is 21.2. The Bertz CT molecular complexity index is 1660. The Kier molecular flexibility index (Phi) is 11.2. The Morgan fingerprint density at radius 3 is 2.39 bits per heavy atom. The molecule has 3 aromatic carbocycles. The van der Waals surface area contributed by atoms with Crippen LogP contribution in [0.25, 0.3) is 10.9 Å². The summed E-state index contributed by atoms with van der Waals surface area (Å²) in [7, 11) is 0. The Morgan fingerprint density at radius 2 is 1.66 bits per heavy atom. The summed E-state index contributed by atoms with van der Waals surface area (Å²) in [4.78, 5) is 39.6. The number of fused-ring (bicyclic) bond motifs is 1. The lowest BCUT2D eigenvalue weighted by molar-refractivity contribution is -0.137. The highest BCUT2D eigenvalue weighted by Gasteiger charge is 2.20. The summed E-state index contributed by atoms with van der Waals surface area (Å²) in [6.45, 7) is 3.94. The number of aliphatic carboxylic acids is 1. The molecule has 0 radical (unpaired) electrons. The van der Waals surface area contributed by atoms with Gasteiger partial charge in [0.05, 0.1) is 24.3 Å². The van der Waals surface area contributed by atoms with Crippen LogP contribution in [-0.2, 0) is 11.2 Å². The molecule has 0 bridgehead atoms. The molecule has 0 aliphatic rings. The maximum Gasteiger partial charge on any atom is 0.303 e. The number of hydrogen-bond acceptors (Lipinski definition) is 5. The normalized spacial score (nSPS) is 11.5. The number of aliphatic hydroxyl groups excluding tert-OH is 1. The van der Waals surface area contributed by atoms with Crippen LogP contribution in [0.1, 0.15) is 70.5 Å². The highest BCUT2D eigenvalue weighted by Crippen LogP contribution is 2.23. The first-order valence-corrected chi connectivity index (χ1v) is 14.6. The van der Waals surface area contributed by atoms with Crippen LogP contribution >= 0.6 is 0 Å². The summed E-state index contributed by atoms with van der Waals surface area (Å²) in [6.07, 6.45) is 3.37. The summed E-state index contributed by atoms with van der Waals surface area (Å²) < 4.78 is 5.91. The van der Waals surface area contributed by atoms with Crippen molar-refractivity contribution in [1.82, 2.24) is 15.6 Å². The van der Waals surface area contributed by atoms with E-state index in [9.17, 15) is 19.5 Å². The molecule has 1 aromatic heterocycles. The summed E-state index contributed by atoms with van der Waals surface area (Å²) in [5.41, 5.74) is 4.08. The van der Waals surface area contributed by atoms with Gasteiger partial charge in [-0.2, -0.15) is 0 Å². The van der Waals surface area contributed by atoms with E-state index in [0.717, 1.165) is 16.5 Å². The summed E-state index contributed by atoms with van der Waals surface area (Å²) >= 11 is 0. The van der Waals surface area contributed by atoms with E-state index in [1.807, 2.05) is 44.3 Å². The topological polar surface area (TPSA) is 141 Å². The van der Waals surface area contributed by atoms with Gasteiger partial charge < -0.3 is 30.6 Å². The van der Waals surface area contributed by atoms with E-state index in [0.29, 0.717) is 53.8 Å². The number of hydrogen-bond donors (Lipinski definition) is 5. The molecule has 2 amide bonds. The second-order valence-electron chi connectivity index (χ2n) is 10.7. The van der Waals surface area contributed by atoms with Gasteiger partial charge in [-0.15, -0.1) is 0 Å². The number of carboxylic acids is 1. The van der Waals surface area contributed by atoms with Gasteiger partial charge in [0.15, 0.2) is 0 Å². The molecule has 1 atom stereocenters. The number of unbranched alkanes of at least 4 members (excludes halogenated alkanes) is 1. The number of aromatic nitrogens is 1. The lowest BCUT2D eigenvalue weighted by Gasteiger charge is -2.19. The number of carbonyl (C=O) groups is 3. The Labute approximate surface area is 256 Å². The van der Waals surface area contributed by atoms with Gasteiger partial charge in [-0.1, -0.05) is 30.0 Å². The molecule has 228 valence electrons. The van der Waals surface area contributed by atoms with Gasteiger partial charge >= 0.3 is 5.97 Å². The minimum absolute atomic E-state index is 0.0812. The zero-order valence-corrected chi connectivity index (χ0v) is 24.9. The number of para-hydroxylation sites is 1. The van der Waals surface area contributed by atoms with Gasteiger partial charge in [0, 0.05) is 46.8 Å². The third kappa shape index (κ3) is 8.96. The van der Waals surface area contributed by atoms with Crippen molar-refractivity contribution in [2.24, 2.45) is 0 Å². The molecular weight excluding hydrogens is 558 g/mol. The fraction of sp³-hybridized carbons (Fsp3) is 0.286. The molecule has 9 nitrogen and oxygen atoms in total. The molecular formula is C35H37N3O6. The van der Waals surface area contributed by atoms with E-state index in [-0.39, 0.29) is 30.9 Å². The first kappa shape index (κ1) is 31.9. The fourth-order valence-corrected chi connectivity index (χ4v) is 4.69. The number of nitrogens with one attached hydrogen (secondary N) is 3. The lowest BCUT2D eigenvalue weighted by Crippen LogP contribution is -2.39. The third-order valence-electron chi connectivity index (χ3n) is 6.88. The Morgan fingerprint density at radius 1 is 0.932 bits per heavy atom. The predicted octanol–water partition coefficient (Wildman–Crippen LogP) is 4.67. The number of carbonyl (C=O) groups excluding carboxylic acids is 2. The van der Waals surface area contributed by atoms with Crippen LogP contribution in [0.3, 0.4) is 0 Å². The second-order valence-corrected chi connectivity index (χ2v) is 10.7. The van der Waals surface area contributed by atoms with E-state index in [1.54, 1.807) is 42.5 Å². The van der Waals surface area contributed by atoms with Gasteiger partial charge in [0.25, 0.3) is 11.8 Å². The number of ether oxygens (including phenoxy) is 1. The SMILES string of the molecule is CC(C)Oc1ccc(C#Cc2ccc(C(=O)NCCCCC(=O)O)cc2)cc1C(=O)N[C@@H](CO)Cc1c[nH]c2ccccc12. The van der Waals surface area contributed by atoms with Crippen molar-refractivity contribution in [3.8, 4) is 17.6 Å². The van der Waals surface area contributed by atoms with E-state index >= 15 is 0 Å². The molecule has 9 heteroatoms. The third-order valence-corrected chi connectivity index (χ3v) is 6.88. The van der Waals surface area contributed by atoms with Crippen molar-refractivity contribution < 1.29 is 29.3 Å². The van der Waals surface area contributed by atoms with Gasteiger partial charge in [-0.25, -0.2) is 0 Å². The lowest BCUT2D eigenvalue weighted by atomic mass is 10.0. The van der Waals surface area contributed by atoms with Crippen molar-refractivity contribution in [3.63, 3.8) is 0 Å². The largest absolute Gasteiger partial charge is 0.490 e.